The van der Waals surface area contributed by atoms with Crippen LogP contribution in [0.25, 0.3) is 10.9 Å². The number of aromatic nitrogens is 3. The Morgan fingerprint density at radius 1 is 1.12 bits per heavy atom. The van der Waals surface area contributed by atoms with Crippen molar-refractivity contribution in [2.45, 2.75) is 27.7 Å². The fraction of sp³-hybridized carbons (Fsp3) is 0.500. The smallest absolute Gasteiger partial charge is 0.320 e. The van der Waals surface area contributed by atoms with Gasteiger partial charge in [0.05, 0.1) is 13.2 Å². The molecule has 2 aromatic heterocycles. The Hall–Kier alpha value is -2.84. The second kappa shape index (κ2) is 10.2. The minimum absolute atomic E-state index is 0.403. The monoisotopic (exact) mass is 438 g/mol. The van der Waals surface area contributed by atoms with Crippen molar-refractivity contribution in [2.24, 2.45) is 0 Å². The van der Waals surface area contributed by atoms with Gasteiger partial charge >= 0.3 is 6.01 Å². The number of aromatic amines is 1. The van der Waals surface area contributed by atoms with Gasteiger partial charge in [0.2, 0.25) is 0 Å². The zero-order valence-corrected chi connectivity index (χ0v) is 19.6. The minimum Gasteiger partial charge on any atom is -0.462 e. The third-order valence-corrected chi connectivity index (χ3v) is 6.10. The number of nitrogens with one attached hydrogen (secondary N) is 2. The van der Waals surface area contributed by atoms with E-state index in [4.69, 9.17) is 9.47 Å². The number of anilines is 3. The summed E-state index contributed by atoms with van der Waals surface area (Å²) in [6.45, 7) is 15.1. The first-order valence-electron chi connectivity index (χ1n) is 11.5. The molecule has 2 N–H and O–H groups in total. The quantitative estimate of drug-likeness (QED) is 0.525. The van der Waals surface area contributed by atoms with Crippen molar-refractivity contribution in [1.82, 2.24) is 19.9 Å². The lowest BCUT2D eigenvalue weighted by Crippen LogP contribution is -2.38. The summed E-state index contributed by atoms with van der Waals surface area (Å²) in [6, 6.07) is 8.72. The third kappa shape index (κ3) is 5.14. The summed E-state index contributed by atoms with van der Waals surface area (Å²) in [5.41, 5.74) is 4.59. The highest BCUT2D eigenvalue weighted by Crippen LogP contribution is 2.27. The molecule has 0 spiro atoms. The standard InChI is InChI=1S/C24H34N6O2/c1-5-30(6-2)23-16-22(26-19-7-8-21-20(15-19)17(3)18(4)25-21)27-24(28-23)32-14-11-29-9-12-31-13-10-29/h7-8,15-16,25H,5-6,9-14H2,1-4H3,(H,26,27,28). The highest BCUT2D eigenvalue weighted by atomic mass is 16.5. The van der Waals surface area contributed by atoms with Crippen molar-refractivity contribution in [1.29, 1.82) is 0 Å². The summed E-state index contributed by atoms with van der Waals surface area (Å²) in [6.07, 6.45) is 0. The molecule has 0 aliphatic carbocycles. The van der Waals surface area contributed by atoms with E-state index in [0.717, 1.165) is 68.8 Å². The van der Waals surface area contributed by atoms with Crippen LogP contribution in [0.1, 0.15) is 25.1 Å². The molecule has 8 heteroatoms. The second-order valence-corrected chi connectivity index (χ2v) is 8.13. The first-order chi connectivity index (χ1) is 15.6. The number of hydrogen-bond acceptors (Lipinski definition) is 7. The average molecular weight is 439 g/mol. The molecule has 172 valence electrons. The van der Waals surface area contributed by atoms with E-state index >= 15 is 0 Å². The maximum absolute atomic E-state index is 5.98. The largest absolute Gasteiger partial charge is 0.462 e. The van der Waals surface area contributed by atoms with Gasteiger partial charge in [-0.2, -0.15) is 9.97 Å². The number of hydrogen-bond donors (Lipinski definition) is 2. The van der Waals surface area contributed by atoms with Crippen molar-refractivity contribution < 1.29 is 9.47 Å². The molecular weight excluding hydrogens is 404 g/mol. The fourth-order valence-electron chi connectivity index (χ4n) is 4.03. The summed E-state index contributed by atoms with van der Waals surface area (Å²) < 4.78 is 11.4. The van der Waals surface area contributed by atoms with Gasteiger partial charge in [0.1, 0.15) is 18.2 Å². The van der Waals surface area contributed by atoms with Crippen molar-refractivity contribution in [2.75, 3.05) is 62.8 Å². The molecule has 1 fully saturated rings. The third-order valence-electron chi connectivity index (χ3n) is 6.10. The van der Waals surface area contributed by atoms with Crippen LogP contribution in [0.3, 0.4) is 0 Å². The van der Waals surface area contributed by atoms with Gasteiger partial charge in [0.15, 0.2) is 0 Å². The highest BCUT2D eigenvalue weighted by Gasteiger charge is 2.14. The van der Waals surface area contributed by atoms with Gasteiger partial charge in [0.25, 0.3) is 0 Å². The van der Waals surface area contributed by atoms with Crippen LogP contribution in [0, 0.1) is 13.8 Å². The van der Waals surface area contributed by atoms with Crippen LogP contribution >= 0.6 is 0 Å². The molecule has 3 heterocycles. The lowest BCUT2D eigenvalue weighted by molar-refractivity contribution is 0.0317. The molecule has 8 nitrogen and oxygen atoms in total. The van der Waals surface area contributed by atoms with Crippen molar-refractivity contribution >= 4 is 28.2 Å². The number of H-pyrrole nitrogens is 1. The predicted molar refractivity (Wildman–Crippen MR) is 129 cm³/mol. The van der Waals surface area contributed by atoms with Crippen LogP contribution in [0.2, 0.25) is 0 Å². The Kier molecular flexibility index (Phi) is 7.12. The van der Waals surface area contributed by atoms with E-state index in [1.54, 1.807) is 0 Å². The molecular formula is C24H34N6O2. The van der Waals surface area contributed by atoms with Crippen LogP contribution in [0.4, 0.5) is 17.3 Å². The average Bonchev–Trinajstić information content (AvgIpc) is 3.08. The Labute approximate surface area is 189 Å². The number of nitrogens with zero attached hydrogens (tertiary/aromatic N) is 4. The molecule has 1 aliphatic heterocycles. The highest BCUT2D eigenvalue weighted by molar-refractivity contribution is 5.88. The molecule has 0 bridgehead atoms. The summed E-state index contributed by atoms with van der Waals surface area (Å²) >= 11 is 0. The maximum atomic E-state index is 5.98. The molecule has 4 rings (SSSR count). The van der Waals surface area contributed by atoms with E-state index in [1.807, 2.05) is 6.07 Å². The van der Waals surface area contributed by atoms with Crippen LogP contribution in [0.15, 0.2) is 24.3 Å². The van der Waals surface area contributed by atoms with Gasteiger partial charge in [-0.3, -0.25) is 4.90 Å². The Bertz CT molecular complexity index is 1040. The molecule has 1 aromatic carbocycles. The fourth-order valence-corrected chi connectivity index (χ4v) is 4.03. The molecule has 0 atom stereocenters. The van der Waals surface area contributed by atoms with Gasteiger partial charge in [-0.1, -0.05) is 0 Å². The Balaban J connectivity index is 1.53. The molecule has 0 amide bonds. The van der Waals surface area contributed by atoms with Crippen molar-refractivity contribution in [3.63, 3.8) is 0 Å². The molecule has 32 heavy (non-hydrogen) atoms. The van der Waals surface area contributed by atoms with E-state index in [-0.39, 0.29) is 0 Å². The summed E-state index contributed by atoms with van der Waals surface area (Å²) in [5, 5.41) is 4.67. The number of fused-ring (bicyclic) bond motifs is 1. The number of benzene rings is 1. The first kappa shape index (κ1) is 22.4. The van der Waals surface area contributed by atoms with Gasteiger partial charge in [-0.15, -0.1) is 0 Å². The zero-order chi connectivity index (χ0) is 22.5. The lowest BCUT2D eigenvalue weighted by atomic mass is 10.1. The second-order valence-electron chi connectivity index (χ2n) is 8.13. The van der Waals surface area contributed by atoms with Crippen molar-refractivity contribution in [3.05, 3.63) is 35.5 Å². The first-order valence-corrected chi connectivity index (χ1v) is 11.5. The van der Waals surface area contributed by atoms with Crippen LogP contribution in [0.5, 0.6) is 6.01 Å². The van der Waals surface area contributed by atoms with E-state index in [2.05, 4.69) is 76.0 Å². The molecule has 0 unspecified atom stereocenters. The number of aryl methyl sites for hydroxylation is 2. The normalized spacial score (nSPS) is 14.6. The van der Waals surface area contributed by atoms with Crippen LogP contribution in [-0.4, -0.2) is 72.4 Å². The maximum Gasteiger partial charge on any atom is 0.320 e. The predicted octanol–water partition coefficient (Wildman–Crippen LogP) is 3.88. The molecule has 0 saturated carbocycles. The number of ether oxygens (including phenoxy) is 2. The lowest BCUT2D eigenvalue weighted by Gasteiger charge is -2.26. The molecule has 0 radical (unpaired) electrons. The summed E-state index contributed by atoms with van der Waals surface area (Å²) in [5.74, 6) is 1.59. The zero-order valence-electron chi connectivity index (χ0n) is 19.6. The van der Waals surface area contributed by atoms with Crippen LogP contribution in [-0.2, 0) is 4.74 Å². The van der Waals surface area contributed by atoms with Gasteiger partial charge in [-0.25, -0.2) is 0 Å². The van der Waals surface area contributed by atoms with E-state index in [0.29, 0.717) is 12.6 Å². The molecule has 3 aromatic rings. The van der Waals surface area contributed by atoms with Gasteiger partial charge < -0.3 is 24.7 Å². The molecule has 1 saturated heterocycles. The van der Waals surface area contributed by atoms with Crippen molar-refractivity contribution in [3.8, 4) is 6.01 Å². The van der Waals surface area contributed by atoms with Gasteiger partial charge in [0, 0.05) is 61.1 Å². The number of morpholine rings is 1. The Morgan fingerprint density at radius 3 is 2.66 bits per heavy atom. The SMILES string of the molecule is CCN(CC)c1cc(Nc2ccc3[nH]c(C)c(C)c3c2)nc(OCCN2CCOCC2)n1. The van der Waals surface area contributed by atoms with E-state index < -0.39 is 0 Å². The summed E-state index contributed by atoms with van der Waals surface area (Å²) in [4.78, 5) is 17.3. The number of rotatable bonds is 9. The topological polar surface area (TPSA) is 78.5 Å². The molecule has 1 aliphatic rings. The van der Waals surface area contributed by atoms with Crippen LogP contribution < -0.4 is 15.0 Å². The van der Waals surface area contributed by atoms with E-state index in [9.17, 15) is 0 Å². The van der Waals surface area contributed by atoms with Gasteiger partial charge in [-0.05, 0) is 51.5 Å². The minimum atomic E-state index is 0.403. The summed E-state index contributed by atoms with van der Waals surface area (Å²) in [7, 11) is 0. The Morgan fingerprint density at radius 2 is 1.91 bits per heavy atom. The van der Waals surface area contributed by atoms with E-state index in [1.165, 1.54) is 16.6 Å².